The third-order valence-electron chi connectivity index (χ3n) is 2.35. The van der Waals surface area contributed by atoms with Gasteiger partial charge in [0.1, 0.15) is 5.82 Å². The molecule has 1 rings (SSSR count). The minimum atomic E-state index is -3.31. The van der Waals surface area contributed by atoms with Crippen molar-refractivity contribution < 1.29 is 12.8 Å². The van der Waals surface area contributed by atoms with E-state index in [9.17, 15) is 12.8 Å². The van der Waals surface area contributed by atoms with Gasteiger partial charge in [-0.15, -0.1) is 0 Å². The van der Waals surface area contributed by atoms with Crippen LogP contribution >= 0.6 is 0 Å². The van der Waals surface area contributed by atoms with E-state index < -0.39 is 10.0 Å². The number of halogens is 1. The molecule has 0 saturated carbocycles. The normalized spacial score (nSPS) is 13.6. The van der Waals surface area contributed by atoms with Crippen LogP contribution in [-0.4, -0.2) is 27.8 Å². The smallest absolute Gasteiger partial charge is 0.213 e. The molecule has 0 saturated heterocycles. The Morgan fingerprint density at radius 2 is 1.88 bits per heavy atom. The van der Waals surface area contributed by atoms with Crippen LogP contribution in [0.15, 0.2) is 24.3 Å². The van der Waals surface area contributed by atoms with E-state index in [0.29, 0.717) is 6.54 Å². The molecule has 0 bridgehead atoms. The number of hydrogen-bond acceptors (Lipinski definition) is 3. The molecule has 0 fully saturated rings. The maximum atomic E-state index is 12.7. The predicted octanol–water partition coefficient (Wildman–Crippen LogP) is 1.03. The topological polar surface area (TPSA) is 58.2 Å². The lowest BCUT2D eigenvalue weighted by molar-refractivity contribution is 0.564. The molecule has 1 unspecified atom stereocenters. The van der Waals surface area contributed by atoms with Crippen molar-refractivity contribution in [2.75, 3.05) is 19.3 Å². The molecule has 1 aromatic rings. The van der Waals surface area contributed by atoms with Crippen LogP contribution in [0, 0.1) is 5.82 Å². The molecule has 0 aliphatic heterocycles. The van der Waals surface area contributed by atoms with E-state index in [2.05, 4.69) is 10.0 Å². The summed E-state index contributed by atoms with van der Waals surface area (Å²) >= 11 is 0. The molecule has 0 spiro atoms. The van der Waals surface area contributed by atoms with Crippen molar-refractivity contribution >= 4 is 10.0 Å². The lowest BCUT2D eigenvalue weighted by atomic mass is 10.1. The summed E-state index contributed by atoms with van der Waals surface area (Å²) in [6.07, 6.45) is 0. The van der Waals surface area contributed by atoms with Crippen LogP contribution in [0.4, 0.5) is 4.39 Å². The molecule has 0 radical (unpaired) electrons. The van der Waals surface area contributed by atoms with Gasteiger partial charge in [-0.2, -0.15) is 0 Å². The number of rotatable bonds is 6. The number of sulfonamides is 1. The average Bonchev–Trinajstić information content (AvgIpc) is 2.26. The second-order valence-corrected chi connectivity index (χ2v) is 5.69. The number of hydrogen-bond donors (Lipinski definition) is 2. The van der Waals surface area contributed by atoms with Crippen LogP contribution in [0.3, 0.4) is 0 Å². The summed E-state index contributed by atoms with van der Waals surface area (Å²) in [6, 6.07) is 5.40. The molecule has 0 aliphatic carbocycles. The highest BCUT2D eigenvalue weighted by Gasteiger charge is 2.15. The lowest BCUT2D eigenvalue weighted by Gasteiger charge is -2.14. The van der Waals surface area contributed by atoms with E-state index in [1.54, 1.807) is 26.1 Å². The Bertz CT molecular complexity index is 445. The average molecular weight is 260 g/mol. The maximum Gasteiger partial charge on any atom is 0.213 e. The van der Waals surface area contributed by atoms with Gasteiger partial charge in [0.25, 0.3) is 0 Å². The molecule has 1 aromatic carbocycles. The molecular weight excluding hydrogens is 243 g/mol. The Labute approximate surface area is 101 Å². The van der Waals surface area contributed by atoms with Crippen LogP contribution < -0.4 is 10.0 Å². The van der Waals surface area contributed by atoms with Crippen molar-refractivity contribution in [3.63, 3.8) is 0 Å². The largest absolute Gasteiger partial charge is 0.319 e. The molecule has 0 amide bonds. The highest BCUT2D eigenvalue weighted by Crippen LogP contribution is 2.13. The van der Waals surface area contributed by atoms with E-state index in [4.69, 9.17) is 0 Å². The third kappa shape index (κ3) is 4.80. The van der Waals surface area contributed by atoms with Crippen LogP contribution in [0.1, 0.15) is 18.5 Å². The van der Waals surface area contributed by atoms with Crippen molar-refractivity contribution in [1.29, 1.82) is 0 Å². The molecule has 0 aromatic heterocycles. The first-order valence-electron chi connectivity index (χ1n) is 5.34. The van der Waals surface area contributed by atoms with Crippen molar-refractivity contribution in [2.45, 2.75) is 13.0 Å². The van der Waals surface area contributed by atoms with Crippen LogP contribution in [-0.2, 0) is 10.0 Å². The molecule has 4 nitrogen and oxygen atoms in total. The second-order valence-electron chi connectivity index (χ2n) is 3.81. The Hall–Kier alpha value is -0.980. The fraction of sp³-hybridized carbons (Fsp3) is 0.455. The number of benzene rings is 1. The fourth-order valence-electron chi connectivity index (χ4n) is 1.38. The molecule has 1 atom stereocenters. The van der Waals surface area contributed by atoms with Gasteiger partial charge in [0, 0.05) is 12.6 Å². The van der Waals surface area contributed by atoms with Crippen LogP contribution in [0.25, 0.3) is 0 Å². The van der Waals surface area contributed by atoms with Gasteiger partial charge in [-0.05, 0) is 31.7 Å². The van der Waals surface area contributed by atoms with Crippen LogP contribution in [0.5, 0.6) is 0 Å². The first-order valence-corrected chi connectivity index (χ1v) is 7.00. The zero-order chi connectivity index (χ0) is 12.9. The summed E-state index contributed by atoms with van der Waals surface area (Å²) in [6.45, 7) is 2.12. The SMILES string of the molecule is CNCCS(=O)(=O)NC(C)c1ccc(F)cc1. The summed E-state index contributed by atoms with van der Waals surface area (Å²) in [5.74, 6) is -0.311. The van der Waals surface area contributed by atoms with Gasteiger partial charge in [-0.1, -0.05) is 12.1 Å². The predicted molar refractivity (Wildman–Crippen MR) is 65.7 cm³/mol. The van der Waals surface area contributed by atoms with E-state index in [1.165, 1.54) is 12.1 Å². The second kappa shape index (κ2) is 6.09. The Kier molecular flexibility index (Phi) is 5.04. The molecule has 17 heavy (non-hydrogen) atoms. The standard InChI is InChI=1S/C11H17FN2O2S/c1-9(10-3-5-11(12)6-4-10)14-17(15,16)8-7-13-2/h3-6,9,13-14H,7-8H2,1-2H3. The lowest BCUT2D eigenvalue weighted by Crippen LogP contribution is -2.32. The zero-order valence-corrected chi connectivity index (χ0v) is 10.7. The first-order chi connectivity index (χ1) is 7.94. The summed E-state index contributed by atoms with van der Waals surface area (Å²) in [5.41, 5.74) is 0.736. The van der Waals surface area contributed by atoms with E-state index in [-0.39, 0.29) is 17.6 Å². The molecule has 2 N–H and O–H groups in total. The fourth-order valence-corrected chi connectivity index (χ4v) is 2.65. The summed E-state index contributed by atoms with van der Waals surface area (Å²) < 4.78 is 38.5. The van der Waals surface area contributed by atoms with Gasteiger partial charge in [0.05, 0.1) is 5.75 Å². The van der Waals surface area contributed by atoms with E-state index in [0.717, 1.165) is 5.56 Å². The van der Waals surface area contributed by atoms with Gasteiger partial charge < -0.3 is 5.32 Å². The highest BCUT2D eigenvalue weighted by atomic mass is 32.2. The van der Waals surface area contributed by atoms with Gasteiger partial charge in [0.2, 0.25) is 10.0 Å². The summed E-state index contributed by atoms with van der Waals surface area (Å²) in [7, 11) is -1.61. The Morgan fingerprint density at radius 1 is 1.29 bits per heavy atom. The van der Waals surface area contributed by atoms with E-state index in [1.807, 2.05) is 0 Å². The quantitative estimate of drug-likeness (QED) is 0.803. The first kappa shape index (κ1) is 14.1. The molecule has 0 heterocycles. The van der Waals surface area contributed by atoms with Gasteiger partial charge >= 0.3 is 0 Å². The van der Waals surface area contributed by atoms with Crippen LogP contribution in [0.2, 0.25) is 0 Å². The van der Waals surface area contributed by atoms with Crippen molar-refractivity contribution in [3.05, 3.63) is 35.6 Å². The van der Waals surface area contributed by atoms with Gasteiger partial charge in [-0.25, -0.2) is 17.5 Å². The minimum Gasteiger partial charge on any atom is -0.319 e. The zero-order valence-electron chi connectivity index (χ0n) is 9.90. The van der Waals surface area contributed by atoms with E-state index >= 15 is 0 Å². The van der Waals surface area contributed by atoms with Crippen molar-refractivity contribution in [1.82, 2.24) is 10.0 Å². The molecular formula is C11H17FN2O2S. The van der Waals surface area contributed by atoms with Crippen molar-refractivity contribution in [3.8, 4) is 0 Å². The third-order valence-corrected chi connectivity index (χ3v) is 3.80. The minimum absolute atomic E-state index is 0.0229. The Morgan fingerprint density at radius 3 is 2.41 bits per heavy atom. The highest BCUT2D eigenvalue weighted by molar-refractivity contribution is 7.89. The molecule has 0 aliphatic rings. The van der Waals surface area contributed by atoms with Gasteiger partial charge in [0.15, 0.2) is 0 Å². The summed E-state index contributed by atoms with van der Waals surface area (Å²) in [4.78, 5) is 0. The Balaban J connectivity index is 2.65. The summed E-state index contributed by atoms with van der Waals surface area (Å²) in [5, 5.41) is 2.78. The maximum absolute atomic E-state index is 12.7. The van der Waals surface area contributed by atoms with Crippen molar-refractivity contribution in [2.24, 2.45) is 0 Å². The number of nitrogens with one attached hydrogen (secondary N) is 2. The monoisotopic (exact) mass is 260 g/mol. The van der Waals surface area contributed by atoms with Gasteiger partial charge in [-0.3, -0.25) is 0 Å². The molecule has 6 heteroatoms. The molecule has 96 valence electrons.